The largest absolute Gasteiger partial charge is 0.335 e. The molecular formula is C15H17ClN4O. The minimum atomic E-state index is -0.136. The lowest BCUT2D eigenvalue weighted by Crippen LogP contribution is -2.45. The van der Waals surface area contributed by atoms with Crippen LogP contribution in [0.25, 0.3) is 0 Å². The second-order valence-corrected chi connectivity index (χ2v) is 5.63. The molecule has 0 saturated carbocycles. The van der Waals surface area contributed by atoms with E-state index in [-0.39, 0.29) is 12.1 Å². The molecule has 1 aliphatic rings. The van der Waals surface area contributed by atoms with Crippen molar-refractivity contribution in [3.05, 3.63) is 52.8 Å². The van der Waals surface area contributed by atoms with Crippen molar-refractivity contribution >= 4 is 17.6 Å². The first kappa shape index (κ1) is 13.9. The third kappa shape index (κ3) is 3.55. The van der Waals surface area contributed by atoms with Gasteiger partial charge in [-0.15, -0.1) is 0 Å². The smallest absolute Gasteiger partial charge is 0.315 e. The molecule has 0 fully saturated rings. The Hall–Kier alpha value is -2.01. The second-order valence-electron chi connectivity index (χ2n) is 5.19. The van der Waals surface area contributed by atoms with Gasteiger partial charge >= 0.3 is 6.03 Å². The van der Waals surface area contributed by atoms with Gasteiger partial charge in [0.2, 0.25) is 0 Å². The third-order valence-electron chi connectivity index (χ3n) is 3.65. The number of rotatable bonds is 3. The van der Waals surface area contributed by atoms with E-state index in [0.717, 1.165) is 24.9 Å². The number of urea groups is 1. The lowest BCUT2D eigenvalue weighted by molar-refractivity contribution is 0.233. The Morgan fingerprint density at radius 1 is 1.33 bits per heavy atom. The zero-order valence-electron chi connectivity index (χ0n) is 11.6. The van der Waals surface area contributed by atoms with E-state index in [1.165, 1.54) is 5.69 Å². The highest BCUT2D eigenvalue weighted by Crippen LogP contribution is 2.13. The van der Waals surface area contributed by atoms with Gasteiger partial charge in [-0.3, -0.25) is 4.68 Å². The topological polar surface area (TPSA) is 59.0 Å². The zero-order valence-corrected chi connectivity index (χ0v) is 12.3. The average molecular weight is 305 g/mol. The van der Waals surface area contributed by atoms with Crippen LogP contribution >= 0.6 is 11.6 Å². The van der Waals surface area contributed by atoms with Crippen molar-refractivity contribution in [3.63, 3.8) is 0 Å². The molecule has 1 aromatic heterocycles. The van der Waals surface area contributed by atoms with E-state index in [1.54, 1.807) is 6.20 Å². The van der Waals surface area contributed by atoms with Gasteiger partial charge in [0.05, 0.1) is 0 Å². The van der Waals surface area contributed by atoms with Gasteiger partial charge in [-0.25, -0.2) is 4.79 Å². The van der Waals surface area contributed by atoms with E-state index in [0.29, 0.717) is 11.6 Å². The van der Waals surface area contributed by atoms with Gasteiger partial charge in [0, 0.05) is 42.5 Å². The average Bonchev–Trinajstić information content (AvgIpc) is 2.94. The van der Waals surface area contributed by atoms with Crippen molar-refractivity contribution in [1.29, 1.82) is 0 Å². The fraction of sp³-hybridized carbons (Fsp3) is 0.333. The molecule has 21 heavy (non-hydrogen) atoms. The van der Waals surface area contributed by atoms with Gasteiger partial charge in [-0.05, 0) is 30.2 Å². The standard InChI is InChI=1S/C15H17ClN4O/c16-12-3-1-11(2-4-12)10-17-15(21)19-13-6-8-20-14(9-13)5-7-18-20/h1-5,7,13H,6,8-10H2,(H2,17,19,21)/t13-/m1/s1. The Balaban J connectivity index is 1.47. The van der Waals surface area contributed by atoms with Gasteiger partial charge in [0.25, 0.3) is 0 Å². The van der Waals surface area contributed by atoms with Gasteiger partial charge < -0.3 is 10.6 Å². The van der Waals surface area contributed by atoms with Crippen LogP contribution in [0, 0.1) is 0 Å². The maximum Gasteiger partial charge on any atom is 0.315 e. The molecule has 110 valence electrons. The van der Waals surface area contributed by atoms with Crippen molar-refractivity contribution in [1.82, 2.24) is 20.4 Å². The van der Waals surface area contributed by atoms with Crippen molar-refractivity contribution in [2.24, 2.45) is 0 Å². The number of nitrogens with one attached hydrogen (secondary N) is 2. The van der Waals surface area contributed by atoms with Crippen molar-refractivity contribution in [3.8, 4) is 0 Å². The van der Waals surface area contributed by atoms with E-state index in [4.69, 9.17) is 11.6 Å². The molecule has 2 aromatic rings. The van der Waals surface area contributed by atoms with Gasteiger partial charge in [0.1, 0.15) is 0 Å². The molecule has 0 bridgehead atoms. The summed E-state index contributed by atoms with van der Waals surface area (Å²) in [5.74, 6) is 0. The minimum Gasteiger partial charge on any atom is -0.335 e. The number of halogens is 1. The van der Waals surface area contributed by atoms with Crippen LogP contribution < -0.4 is 10.6 Å². The maximum absolute atomic E-state index is 11.9. The summed E-state index contributed by atoms with van der Waals surface area (Å²) in [6.07, 6.45) is 3.54. The number of hydrogen-bond acceptors (Lipinski definition) is 2. The molecule has 1 atom stereocenters. The lowest BCUT2D eigenvalue weighted by Gasteiger charge is -2.24. The molecule has 0 unspecified atom stereocenters. The Labute approximate surface area is 128 Å². The normalized spacial score (nSPS) is 17.1. The van der Waals surface area contributed by atoms with Crippen LogP contribution in [0.2, 0.25) is 5.02 Å². The van der Waals surface area contributed by atoms with Crippen molar-refractivity contribution in [2.75, 3.05) is 0 Å². The summed E-state index contributed by atoms with van der Waals surface area (Å²) in [6.45, 7) is 1.35. The Kier molecular flexibility index (Phi) is 4.10. The summed E-state index contributed by atoms with van der Waals surface area (Å²) in [4.78, 5) is 11.9. The van der Waals surface area contributed by atoms with E-state index in [2.05, 4.69) is 15.7 Å². The lowest BCUT2D eigenvalue weighted by atomic mass is 10.0. The first-order valence-corrected chi connectivity index (χ1v) is 7.38. The molecular weight excluding hydrogens is 288 g/mol. The van der Waals surface area contributed by atoms with Crippen LogP contribution in [0.5, 0.6) is 0 Å². The highest BCUT2D eigenvalue weighted by molar-refractivity contribution is 6.30. The SMILES string of the molecule is O=C(NCc1ccc(Cl)cc1)N[C@@H]1CCn2nccc2C1. The molecule has 2 amide bonds. The number of hydrogen-bond donors (Lipinski definition) is 2. The van der Waals surface area contributed by atoms with Crippen LogP contribution in [-0.2, 0) is 19.5 Å². The number of carbonyl (C=O) groups excluding carboxylic acids is 1. The number of nitrogens with zero attached hydrogens (tertiary/aromatic N) is 2. The number of amides is 2. The molecule has 0 spiro atoms. The van der Waals surface area contributed by atoms with Gasteiger partial charge in [-0.2, -0.15) is 5.10 Å². The molecule has 0 aliphatic carbocycles. The highest BCUT2D eigenvalue weighted by atomic mass is 35.5. The Morgan fingerprint density at radius 2 is 2.14 bits per heavy atom. The monoisotopic (exact) mass is 304 g/mol. The number of aromatic nitrogens is 2. The van der Waals surface area contributed by atoms with Gasteiger partial charge in [0.15, 0.2) is 0 Å². The van der Waals surface area contributed by atoms with E-state index >= 15 is 0 Å². The van der Waals surface area contributed by atoms with Crippen LogP contribution in [-0.4, -0.2) is 21.9 Å². The summed E-state index contributed by atoms with van der Waals surface area (Å²) in [7, 11) is 0. The fourth-order valence-electron chi connectivity index (χ4n) is 2.51. The molecule has 1 aliphatic heterocycles. The predicted molar refractivity (Wildman–Crippen MR) is 81.2 cm³/mol. The third-order valence-corrected chi connectivity index (χ3v) is 3.90. The summed E-state index contributed by atoms with van der Waals surface area (Å²) < 4.78 is 1.99. The van der Waals surface area contributed by atoms with Crippen molar-refractivity contribution in [2.45, 2.75) is 32.0 Å². The second kappa shape index (κ2) is 6.18. The molecule has 3 rings (SSSR count). The summed E-state index contributed by atoms with van der Waals surface area (Å²) in [5.41, 5.74) is 2.19. The minimum absolute atomic E-state index is 0.136. The van der Waals surface area contributed by atoms with Gasteiger partial charge in [-0.1, -0.05) is 23.7 Å². The summed E-state index contributed by atoms with van der Waals surface area (Å²) in [6, 6.07) is 9.47. The maximum atomic E-state index is 11.9. The van der Waals surface area contributed by atoms with E-state index in [1.807, 2.05) is 35.0 Å². The van der Waals surface area contributed by atoms with Crippen LogP contribution in [0.4, 0.5) is 4.79 Å². The molecule has 2 heterocycles. The molecule has 5 nitrogen and oxygen atoms in total. The molecule has 1 aromatic carbocycles. The first-order valence-electron chi connectivity index (χ1n) is 7.00. The van der Waals surface area contributed by atoms with E-state index < -0.39 is 0 Å². The quantitative estimate of drug-likeness (QED) is 0.914. The van der Waals surface area contributed by atoms with Crippen LogP contribution in [0.15, 0.2) is 36.5 Å². The summed E-state index contributed by atoms with van der Waals surface area (Å²) >= 11 is 5.83. The number of carbonyl (C=O) groups is 1. The van der Waals surface area contributed by atoms with Crippen LogP contribution in [0.1, 0.15) is 17.7 Å². The molecule has 2 N–H and O–H groups in total. The highest BCUT2D eigenvalue weighted by Gasteiger charge is 2.20. The summed E-state index contributed by atoms with van der Waals surface area (Å²) in [5, 5.41) is 10.8. The first-order chi connectivity index (χ1) is 10.2. The molecule has 6 heteroatoms. The zero-order chi connectivity index (χ0) is 14.7. The number of benzene rings is 1. The Morgan fingerprint density at radius 3 is 2.95 bits per heavy atom. The van der Waals surface area contributed by atoms with E-state index in [9.17, 15) is 4.79 Å². The van der Waals surface area contributed by atoms with Crippen LogP contribution in [0.3, 0.4) is 0 Å². The number of fused-ring (bicyclic) bond motifs is 1. The number of aryl methyl sites for hydroxylation is 1. The fourth-order valence-corrected chi connectivity index (χ4v) is 2.64. The predicted octanol–water partition coefficient (Wildman–Crippen LogP) is 2.35. The van der Waals surface area contributed by atoms with Crippen molar-refractivity contribution < 1.29 is 4.79 Å². The Bertz CT molecular complexity index is 623. The molecule has 0 saturated heterocycles. The molecule has 0 radical (unpaired) electrons.